The summed E-state index contributed by atoms with van der Waals surface area (Å²) in [6.45, 7) is 0. The van der Waals surface area contributed by atoms with Gasteiger partial charge in [0.1, 0.15) is 0 Å². The highest BCUT2D eigenvalue weighted by Gasteiger charge is 2.10. The van der Waals surface area contributed by atoms with Crippen molar-refractivity contribution in [2.45, 2.75) is 6.42 Å². The Balaban J connectivity index is 2.70. The molecule has 3 heteroatoms. The number of carbonyl (C=O) groups is 2. The first-order chi connectivity index (χ1) is 5.24. The van der Waals surface area contributed by atoms with E-state index < -0.39 is 5.97 Å². The molecule has 0 aromatic heterocycles. The lowest BCUT2D eigenvalue weighted by molar-refractivity contribution is -0.135. The quantitative estimate of drug-likeness (QED) is 0.517. The second kappa shape index (κ2) is 3.14. The largest absolute Gasteiger partial charge is 0.465 e. The maximum atomic E-state index is 10.8. The minimum Gasteiger partial charge on any atom is -0.465 e. The molecular weight excluding hydrogens is 144 g/mol. The fourth-order valence-electron chi connectivity index (χ4n) is 0.799. The topological polar surface area (TPSA) is 43.4 Å². The zero-order chi connectivity index (χ0) is 8.27. The van der Waals surface area contributed by atoms with Crippen LogP contribution in [0, 0.1) is 0 Å². The van der Waals surface area contributed by atoms with Gasteiger partial charge < -0.3 is 4.74 Å². The molecule has 0 aliphatic heterocycles. The van der Waals surface area contributed by atoms with Gasteiger partial charge in [-0.05, 0) is 12.2 Å². The van der Waals surface area contributed by atoms with Crippen LogP contribution in [0.4, 0.5) is 0 Å². The van der Waals surface area contributed by atoms with Gasteiger partial charge in [-0.3, -0.25) is 4.79 Å². The van der Waals surface area contributed by atoms with Crippen LogP contribution in [0.5, 0.6) is 0 Å². The zero-order valence-corrected chi connectivity index (χ0v) is 6.16. The van der Waals surface area contributed by atoms with Crippen molar-refractivity contribution in [2.75, 3.05) is 7.11 Å². The standard InChI is InChI=1S/C8H8O3/c1-11-8(10)6-2-4-7(9)5-3-6/h2-4H,5H2,1H3. The Labute approximate surface area is 64.3 Å². The third-order valence-electron chi connectivity index (χ3n) is 1.39. The molecule has 11 heavy (non-hydrogen) atoms. The third kappa shape index (κ3) is 1.77. The molecule has 0 aromatic carbocycles. The van der Waals surface area contributed by atoms with Crippen molar-refractivity contribution < 1.29 is 14.3 Å². The van der Waals surface area contributed by atoms with E-state index in [2.05, 4.69) is 4.74 Å². The maximum Gasteiger partial charge on any atom is 0.337 e. The molecule has 3 nitrogen and oxygen atoms in total. The van der Waals surface area contributed by atoms with Crippen LogP contribution in [0.25, 0.3) is 0 Å². The lowest BCUT2D eigenvalue weighted by Gasteiger charge is -2.02. The van der Waals surface area contributed by atoms with Crippen LogP contribution in [0.2, 0.25) is 0 Å². The summed E-state index contributed by atoms with van der Waals surface area (Å²) in [6.07, 6.45) is 4.71. The van der Waals surface area contributed by atoms with Crippen LogP contribution in [0.3, 0.4) is 0 Å². The van der Waals surface area contributed by atoms with Gasteiger partial charge in [0.2, 0.25) is 0 Å². The molecule has 0 saturated heterocycles. The number of ether oxygens (including phenoxy) is 1. The molecule has 0 heterocycles. The first-order valence-electron chi connectivity index (χ1n) is 3.23. The van der Waals surface area contributed by atoms with Crippen LogP contribution in [-0.2, 0) is 14.3 Å². The van der Waals surface area contributed by atoms with Gasteiger partial charge in [0.15, 0.2) is 5.78 Å². The third-order valence-corrected chi connectivity index (χ3v) is 1.39. The predicted molar refractivity (Wildman–Crippen MR) is 38.9 cm³/mol. The van der Waals surface area contributed by atoms with Crippen molar-refractivity contribution in [1.29, 1.82) is 0 Å². The number of methoxy groups -OCH3 is 1. The van der Waals surface area contributed by atoms with Crippen molar-refractivity contribution in [3.05, 3.63) is 23.8 Å². The molecule has 0 aromatic rings. The lowest BCUT2D eigenvalue weighted by atomic mass is 10.1. The first-order valence-corrected chi connectivity index (χ1v) is 3.23. The zero-order valence-electron chi connectivity index (χ0n) is 6.16. The van der Waals surface area contributed by atoms with E-state index in [4.69, 9.17) is 0 Å². The monoisotopic (exact) mass is 152 g/mol. The van der Waals surface area contributed by atoms with E-state index in [-0.39, 0.29) is 5.78 Å². The van der Waals surface area contributed by atoms with E-state index >= 15 is 0 Å². The number of rotatable bonds is 1. The van der Waals surface area contributed by atoms with Crippen molar-refractivity contribution in [3.63, 3.8) is 0 Å². The van der Waals surface area contributed by atoms with E-state index in [0.29, 0.717) is 12.0 Å². The summed E-state index contributed by atoms with van der Waals surface area (Å²) in [7, 11) is 1.31. The molecule has 0 spiro atoms. The maximum absolute atomic E-state index is 10.8. The fourth-order valence-corrected chi connectivity index (χ4v) is 0.799. The SMILES string of the molecule is COC(=O)C1=CCC(=O)C=C1. The van der Waals surface area contributed by atoms with E-state index in [1.807, 2.05) is 0 Å². The van der Waals surface area contributed by atoms with Gasteiger partial charge in [0, 0.05) is 6.42 Å². The number of hydrogen-bond acceptors (Lipinski definition) is 3. The van der Waals surface area contributed by atoms with Crippen LogP contribution in [-0.4, -0.2) is 18.9 Å². The van der Waals surface area contributed by atoms with Gasteiger partial charge in [-0.25, -0.2) is 4.79 Å². The number of esters is 1. The van der Waals surface area contributed by atoms with Gasteiger partial charge in [-0.15, -0.1) is 0 Å². The molecule has 0 radical (unpaired) electrons. The van der Waals surface area contributed by atoms with Gasteiger partial charge >= 0.3 is 5.97 Å². The lowest BCUT2D eigenvalue weighted by Crippen LogP contribution is -2.07. The van der Waals surface area contributed by atoms with Gasteiger partial charge in [0.25, 0.3) is 0 Å². The minimum atomic E-state index is -0.395. The highest BCUT2D eigenvalue weighted by atomic mass is 16.5. The molecule has 0 unspecified atom stereocenters. The Bertz CT molecular complexity index is 248. The van der Waals surface area contributed by atoms with Crippen molar-refractivity contribution in [3.8, 4) is 0 Å². The summed E-state index contributed by atoms with van der Waals surface area (Å²) < 4.78 is 4.46. The van der Waals surface area contributed by atoms with Gasteiger partial charge in [-0.1, -0.05) is 6.08 Å². The minimum absolute atomic E-state index is 0.0117. The Hall–Kier alpha value is -1.38. The average molecular weight is 152 g/mol. The van der Waals surface area contributed by atoms with Gasteiger partial charge in [0.05, 0.1) is 12.7 Å². The summed E-state index contributed by atoms with van der Waals surface area (Å²) in [4.78, 5) is 21.5. The van der Waals surface area contributed by atoms with Crippen LogP contribution in [0.15, 0.2) is 23.8 Å². The Morgan fingerprint density at radius 2 is 2.27 bits per heavy atom. The molecular formula is C8H8O3. The predicted octanol–water partition coefficient (Wildman–Crippen LogP) is 0.615. The molecule has 0 atom stereocenters. The Morgan fingerprint density at radius 1 is 1.55 bits per heavy atom. The molecule has 1 rings (SSSR count). The van der Waals surface area contributed by atoms with E-state index in [9.17, 15) is 9.59 Å². The number of allylic oxidation sites excluding steroid dienone is 2. The fraction of sp³-hybridized carbons (Fsp3) is 0.250. The number of hydrogen-bond donors (Lipinski definition) is 0. The van der Waals surface area contributed by atoms with Crippen LogP contribution < -0.4 is 0 Å². The van der Waals surface area contributed by atoms with E-state index in [0.717, 1.165) is 0 Å². The smallest absolute Gasteiger partial charge is 0.337 e. The van der Waals surface area contributed by atoms with Crippen LogP contribution in [0.1, 0.15) is 6.42 Å². The number of ketones is 1. The molecule has 1 aliphatic rings. The highest BCUT2D eigenvalue weighted by Crippen LogP contribution is 2.07. The van der Waals surface area contributed by atoms with E-state index in [1.54, 1.807) is 6.08 Å². The summed E-state index contributed by atoms with van der Waals surface area (Å²) >= 11 is 0. The summed E-state index contributed by atoms with van der Waals surface area (Å²) in [5.74, 6) is -0.383. The van der Waals surface area contributed by atoms with Crippen molar-refractivity contribution >= 4 is 11.8 Å². The molecule has 58 valence electrons. The summed E-state index contributed by atoms with van der Waals surface area (Å²) in [6, 6.07) is 0. The second-order valence-electron chi connectivity index (χ2n) is 2.15. The first kappa shape index (κ1) is 7.72. The Kier molecular flexibility index (Phi) is 2.21. The number of carbonyl (C=O) groups excluding carboxylic acids is 2. The molecule has 0 amide bonds. The summed E-state index contributed by atoms with van der Waals surface area (Å²) in [5, 5.41) is 0. The molecule has 0 fully saturated rings. The van der Waals surface area contributed by atoms with Crippen molar-refractivity contribution in [2.24, 2.45) is 0 Å². The molecule has 0 saturated carbocycles. The highest BCUT2D eigenvalue weighted by molar-refractivity contribution is 6.00. The van der Waals surface area contributed by atoms with Gasteiger partial charge in [-0.2, -0.15) is 0 Å². The molecule has 1 aliphatic carbocycles. The van der Waals surface area contributed by atoms with Crippen molar-refractivity contribution in [1.82, 2.24) is 0 Å². The molecule has 0 N–H and O–H groups in total. The van der Waals surface area contributed by atoms with E-state index in [1.165, 1.54) is 19.3 Å². The summed E-state index contributed by atoms with van der Waals surface area (Å²) in [5.41, 5.74) is 0.451. The average Bonchev–Trinajstić information content (AvgIpc) is 2.05. The van der Waals surface area contributed by atoms with Crippen LogP contribution >= 0.6 is 0 Å². The Morgan fingerprint density at radius 3 is 2.73 bits per heavy atom. The normalized spacial score (nSPS) is 16.1. The second-order valence-corrected chi connectivity index (χ2v) is 2.15. The molecule has 0 bridgehead atoms.